The van der Waals surface area contributed by atoms with E-state index in [2.05, 4.69) is 9.97 Å². The summed E-state index contributed by atoms with van der Waals surface area (Å²) < 4.78 is 0. The molecule has 1 N–H and O–H groups in total. The zero-order valence-corrected chi connectivity index (χ0v) is 12.1. The normalized spacial score (nSPS) is 10.8. The van der Waals surface area contributed by atoms with Gasteiger partial charge in [-0.05, 0) is 37.3 Å². The van der Waals surface area contributed by atoms with Gasteiger partial charge in [-0.2, -0.15) is 0 Å². The quantitative estimate of drug-likeness (QED) is 0.800. The minimum absolute atomic E-state index is 0.00325. The Morgan fingerprint density at radius 2 is 2.00 bits per heavy atom. The average molecular weight is 279 g/mol. The molecule has 0 aliphatic carbocycles. The number of rotatable bonds is 3. The highest BCUT2D eigenvalue weighted by molar-refractivity contribution is 6.06. The van der Waals surface area contributed by atoms with Gasteiger partial charge in [0, 0.05) is 35.4 Å². The molecule has 0 bridgehead atoms. The van der Waals surface area contributed by atoms with Crippen LogP contribution in [0.5, 0.6) is 0 Å². The van der Waals surface area contributed by atoms with Crippen molar-refractivity contribution in [3.63, 3.8) is 0 Å². The Labute approximate surface area is 123 Å². The molecule has 0 spiro atoms. The topological polar surface area (TPSA) is 49.0 Å². The summed E-state index contributed by atoms with van der Waals surface area (Å²) in [4.78, 5) is 21.9. The number of benzene rings is 1. The third kappa shape index (κ3) is 2.65. The lowest BCUT2D eigenvalue weighted by Gasteiger charge is -2.17. The first kappa shape index (κ1) is 13.4. The third-order valence-electron chi connectivity index (χ3n) is 3.52. The summed E-state index contributed by atoms with van der Waals surface area (Å²) in [6.45, 7) is 2.45. The molecule has 4 nitrogen and oxygen atoms in total. The highest BCUT2D eigenvalue weighted by Crippen LogP contribution is 2.19. The highest BCUT2D eigenvalue weighted by Gasteiger charge is 2.15. The Balaban J connectivity index is 1.86. The molecule has 3 rings (SSSR count). The van der Waals surface area contributed by atoms with Crippen molar-refractivity contribution in [2.75, 3.05) is 7.05 Å². The Hall–Kier alpha value is -2.62. The molecule has 0 radical (unpaired) electrons. The molecule has 1 aromatic carbocycles. The molecule has 0 aliphatic heterocycles. The van der Waals surface area contributed by atoms with Crippen LogP contribution in [-0.4, -0.2) is 27.8 Å². The second-order valence-electron chi connectivity index (χ2n) is 5.18. The number of nitrogens with zero attached hydrogens (tertiary/aromatic N) is 2. The van der Waals surface area contributed by atoms with Crippen LogP contribution < -0.4 is 0 Å². The summed E-state index contributed by atoms with van der Waals surface area (Å²) in [5.74, 6) is 0.00325. The minimum Gasteiger partial charge on any atom is -0.361 e. The molecular formula is C17H17N3O. The van der Waals surface area contributed by atoms with Gasteiger partial charge in [0.15, 0.2) is 0 Å². The van der Waals surface area contributed by atoms with Crippen molar-refractivity contribution < 1.29 is 4.79 Å². The summed E-state index contributed by atoms with van der Waals surface area (Å²) in [6.07, 6.45) is 1.85. The van der Waals surface area contributed by atoms with E-state index in [1.165, 1.54) is 0 Å². The fraction of sp³-hybridized carbons (Fsp3) is 0.176. The molecule has 0 atom stereocenters. The van der Waals surface area contributed by atoms with Crippen LogP contribution >= 0.6 is 0 Å². The number of fused-ring (bicyclic) bond motifs is 1. The van der Waals surface area contributed by atoms with Crippen molar-refractivity contribution in [1.29, 1.82) is 0 Å². The SMILES string of the molecule is Cc1cccc(CN(C)C(=O)c2cccc3[nH]ccc23)n1. The van der Waals surface area contributed by atoms with Crippen molar-refractivity contribution in [2.24, 2.45) is 0 Å². The zero-order chi connectivity index (χ0) is 14.8. The summed E-state index contributed by atoms with van der Waals surface area (Å²) in [5, 5.41) is 0.951. The molecule has 0 saturated heterocycles. The van der Waals surface area contributed by atoms with E-state index < -0.39 is 0 Å². The van der Waals surface area contributed by atoms with Crippen molar-refractivity contribution in [3.05, 3.63) is 65.6 Å². The van der Waals surface area contributed by atoms with E-state index in [-0.39, 0.29) is 5.91 Å². The van der Waals surface area contributed by atoms with Gasteiger partial charge < -0.3 is 9.88 Å². The third-order valence-corrected chi connectivity index (χ3v) is 3.52. The number of nitrogens with one attached hydrogen (secondary N) is 1. The molecule has 21 heavy (non-hydrogen) atoms. The van der Waals surface area contributed by atoms with Gasteiger partial charge in [0.25, 0.3) is 5.91 Å². The molecule has 106 valence electrons. The fourth-order valence-corrected chi connectivity index (χ4v) is 2.48. The summed E-state index contributed by atoms with van der Waals surface area (Å²) in [5.41, 5.74) is 3.54. The van der Waals surface area contributed by atoms with E-state index in [1.54, 1.807) is 11.9 Å². The monoisotopic (exact) mass is 279 g/mol. The minimum atomic E-state index is 0.00325. The number of carbonyl (C=O) groups is 1. The zero-order valence-electron chi connectivity index (χ0n) is 12.1. The largest absolute Gasteiger partial charge is 0.361 e. The summed E-state index contributed by atoms with van der Waals surface area (Å²) >= 11 is 0. The van der Waals surface area contributed by atoms with Gasteiger partial charge in [0.1, 0.15) is 0 Å². The molecule has 0 aliphatic rings. The number of hydrogen-bond acceptors (Lipinski definition) is 2. The molecular weight excluding hydrogens is 262 g/mol. The van der Waals surface area contributed by atoms with Crippen LogP contribution in [-0.2, 0) is 6.54 Å². The lowest BCUT2D eigenvalue weighted by atomic mass is 10.1. The maximum absolute atomic E-state index is 12.6. The molecule has 2 aromatic heterocycles. The molecule has 1 amide bonds. The van der Waals surface area contributed by atoms with Gasteiger partial charge in [-0.1, -0.05) is 12.1 Å². The lowest BCUT2D eigenvalue weighted by molar-refractivity contribution is 0.0785. The Morgan fingerprint density at radius 3 is 2.81 bits per heavy atom. The van der Waals surface area contributed by atoms with Gasteiger partial charge in [0.2, 0.25) is 0 Å². The van der Waals surface area contributed by atoms with Crippen LogP contribution in [0.3, 0.4) is 0 Å². The van der Waals surface area contributed by atoms with Crippen LogP contribution in [0.25, 0.3) is 10.9 Å². The van der Waals surface area contributed by atoms with Gasteiger partial charge in [-0.25, -0.2) is 0 Å². The van der Waals surface area contributed by atoms with Crippen LogP contribution in [0.4, 0.5) is 0 Å². The van der Waals surface area contributed by atoms with Crippen LogP contribution in [0.1, 0.15) is 21.7 Å². The first-order chi connectivity index (χ1) is 10.1. The van der Waals surface area contributed by atoms with Crippen molar-refractivity contribution in [2.45, 2.75) is 13.5 Å². The predicted molar refractivity (Wildman–Crippen MR) is 83.1 cm³/mol. The summed E-state index contributed by atoms with van der Waals surface area (Å²) in [7, 11) is 1.80. The smallest absolute Gasteiger partial charge is 0.254 e. The van der Waals surface area contributed by atoms with E-state index in [0.29, 0.717) is 12.1 Å². The lowest BCUT2D eigenvalue weighted by Crippen LogP contribution is -2.26. The number of aryl methyl sites for hydroxylation is 1. The maximum Gasteiger partial charge on any atom is 0.254 e. The number of pyridine rings is 1. The number of aromatic nitrogens is 2. The summed E-state index contributed by atoms with van der Waals surface area (Å²) in [6, 6.07) is 13.5. The Kier molecular flexibility index (Phi) is 3.44. The number of carbonyl (C=O) groups excluding carboxylic acids is 1. The first-order valence-corrected chi connectivity index (χ1v) is 6.89. The van der Waals surface area contributed by atoms with Crippen LogP contribution in [0.15, 0.2) is 48.7 Å². The average Bonchev–Trinajstić information content (AvgIpc) is 2.94. The van der Waals surface area contributed by atoms with Crippen molar-refractivity contribution in [3.8, 4) is 0 Å². The highest BCUT2D eigenvalue weighted by atomic mass is 16.2. The van der Waals surface area contributed by atoms with E-state index in [1.807, 2.05) is 55.6 Å². The molecule has 0 saturated carbocycles. The number of aromatic amines is 1. The van der Waals surface area contributed by atoms with Crippen LogP contribution in [0.2, 0.25) is 0 Å². The van der Waals surface area contributed by atoms with Gasteiger partial charge in [0.05, 0.1) is 12.2 Å². The Bertz CT molecular complexity index is 791. The molecule has 2 heterocycles. The predicted octanol–water partition coefficient (Wildman–Crippen LogP) is 3.14. The van der Waals surface area contributed by atoms with Crippen molar-refractivity contribution in [1.82, 2.24) is 14.9 Å². The molecule has 4 heteroatoms. The van der Waals surface area contributed by atoms with Gasteiger partial charge in [-0.3, -0.25) is 9.78 Å². The van der Waals surface area contributed by atoms with Gasteiger partial charge in [-0.15, -0.1) is 0 Å². The standard InChI is InChI=1S/C17H17N3O/c1-12-5-3-6-13(19-12)11-20(2)17(21)15-7-4-8-16-14(15)9-10-18-16/h3-10,18H,11H2,1-2H3. The van der Waals surface area contributed by atoms with E-state index in [4.69, 9.17) is 0 Å². The first-order valence-electron chi connectivity index (χ1n) is 6.89. The van der Waals surface area contributed by atoms with E-state index >= 15 is 0 Å². The second kappa shape index (κ2) is 5.40. The van der Waals surface area contributed by atoms with Crippen molar-refractivity contribution >= 4 is 16.8 Å². The fourth-order valence-electron chi connectivity index (χ4n) is 2.48. The van der Waals surface area contributed by atoms with E-state index in [9.17, 15) is 4.79 Å². The maximum atomic E-state index is 12.6. The van der Waals surface area contributed by atoms with Crippen LogP contribution in [0, 0.1) is 6.92 Å². The van der Waals surface area contributed by atoms with Gasteiger partial charge >= 0.3 is 0 Å². The second-order valence-corrected chi connectivity index (χ2v) is 5.18. The number of hydrogen-bond donors (Lipinski definition) is 1. The molecule has 0 fully saturated rings. The molecule has 0 unspecified atom stereocenters. The Morgan fingerprint density at radius 1 is 1.19 bits per heavy atom. The molecule has 3 aromatic rings. The van der Waals surface area contributed by atoms with E-state index in [0.717, 1.165) is 22.3 Å². The number of amides is 1. The number of H-pyrrole nitrogens is 1.